The topological polar surface area (TPSA) is 57.6 Å². The maximum absolute atomic E-state index is 13.3. The van der Waals surface area contributed by atoms with Crippen molar-refractivity contribution in [3.8, 4) is 0 Å². The molecule has 2 atom stereocenters. The first-order chi connectivity index (χ1) is 10.1. The van der Waals surface area contributed by atoms with Gasteiger partial charge in [-0.15, -0.1) is 0 Å². The fraction of sp³-hybridized carbons (Fsp3) is 0.385. The average Bonchev–Trinajstić information content (AvgIpc) is 2.86. The van der Waals surface area contributed by atoms with Crippen molar-refractivity contribution in [2.75, 3.05) is 13.1 Å². The lowest BCUT2D eigenvalue weighted by molar-refractivity contribution is -0.187. The molecule has 1 N–H and O–H groups in total. The van der Waals surface area contributed by atoms with E-state index in [0.717, 1.165) is 17.0 Å². The molecule has 0 aromatic heterocycles. The molecule has 4 nitrogen and oxygen atoms in total. The summed E-state index contributed by atoms with van der Waals surface area (Å²) in [5.41, 5.74) is -0.186. The Hall–Kier alpha value is -1.83. The highest BCUT2D eigenvalue weighted by Crippen LogP contribution is 2.38. The zero-order valence-electron chi connectivity index (χ0n) is 10.9. The minimum atomic E-state index is -4.73. The number of halogens is 5. The van der Waals surface area contributed by atoms with E-state index in [9.17, 15) is 27.2 Å². The molecule has 2 rings (SSSR count). The Kier molecular flexibility index (Phi) is 4.32. The predicted molar refractivity (Wildman–Crippen MR) is 68.0 cm³/mol. The van der Waals surface area contributed by atoms with Gasteiger partial charge in [-0.3, -0.25) is 9.59 Å². The quantitative estimate of drug-likeness (QED) is 0.843. The summed E-state index contributed by atoms with van der Waals surface area (Å²) >= 11 is 5.47. The number of aliphatic carboxylic acids is 1. The average molecular weight is 340 g/mol. The Morgan fingerprint density at radius 1 is 1.27 bits per heavy atom. The second-order valence-electron chi connectivity index (χ2n) is 4.93. The lowest BCUT2D eigenvalue weighted by Gasteiger charge is -2.18. The van der Waals surface area contributed by atoms with Crippen LogP contribution >= 0.6 is 11.6 Å². The molecule has 22 heavy (non-hydrogen) atoms. The molecule has 0 saturated carbocycles. The van der Waals surface area contributed by atoms with Crippen molar-refractivity contribution in [1.82, 2.24) is 4.90 Å². The summed E-state index contributed by atoms with van der Waals surface area (Å²) < 4.78 is 51.9. The van der Waals surface area contributed by atoms with Gasteiger partial charge >= 0.3 is 12.1 Å². The molecular formula is C13H10ClF4NO3. The molecule has 120 valence electrons. The van der Waals surface area contributed by atoms with Crippen molar-refractivity contribution < 1.29 is 32.3 Å². The number of benzene rings is 1. The van der Waals surface area contributed by atoms with Crippen molar-refractivity contribution in [2.45, 2.75) is 6.18 Å². The SMILES string of the molecule is O=C(O)[C@@H]1CN(C(=O)c2ccc(Cl)c(F)c2)C[C@H]1C(F)(F)F. The lowest BCUT2D eigenvalue weighted by atomic mass is 9.96. The number of hydrogen-bond acceptors (Lipinski definition) is 2. The van der Waals surface area contributed by atoms with Gasteiger partial charge in [0.1, 0.15) is 5.82 Å². The normalized spacial score (nSPS) is 22.0. The second kappa shape index (κ2) is 5.75. The van der Waals surface area contributed by atoms with Crippen molar-refractivity contribution in [3.05, 3.63) is 34.6 Å². The largest absolute Gasteiger partial charge is 0.481 e. The summed E-state index contributed by atoms with van der Waals surface area (Å²) in [6, 6.07) is 3.09. The molecule has 1 aliphatic heterocycles. The van der Waals surface area contributed by atoms with Gasteiger partial charge in [0.15, 0.2) is 0 Å². The van der Waals surface area contributed by atoms with Crippen LogP contribution in [0, 0.1) is 17.7 Å². The van der Waals surface area contributed by atoms with Crippen LogP contribution in [0.1, 0.15) is 10.4 Å². The smallest absolute Gasteiger partial charge is 0.394 e. The van der Waals surface area contributed by atoms with E-state index >= 15 is 0 Å². The third-order valence-electron chi connectivity index (χ3n) is 3.51. The lowest BCUT2D eigenvalue weighted by Crippen LogP contribution is -2.34. The van der Waals surface area contributed by atoms with E-state index in [1.165, 1.54) is 6.07 Å². The van der Waals surface area contributed by atoms with Crippen LogP contribution in [0.4, 0.5) is 17.6 Å². The second-order valence-corrected chi connectivity index (χ2v) is 5.34. The minimum absolute atomic E-state index is 0.186. The summed E-state index contributed by atoms with van der Waals surface area (Å²) in [5.74, 6) is -7.26. The molecule has 0 bridgehead atoms. The number of amides is 1. The van der Waals surface area contributed by atoms with Crippen LogP contribution in [-0.4, -0.2) is 41.1 Å². The van der Waals surface area contributed by atoms with Gasteiger partial charge in [-0.25, -0.2) is 4.39 Å². The fourth-order valence-electron chi connectivity index (χ4n) is 2.36. The molecule has 1 heterocycles. The van der Waals surface area contributed by atoms with Crippen molar-refractivity contribution >= 4 is 23.5 Å². The van der Waals surface area contributed by atoms with E-state index in [0.29, 0.717) is 0 Å². The van der Waals surface area contributed by atoms with Gasteiger partial charge in [-0.2, -0.15) is 13.2 Å². The number of carbonyl (C=O) groups is 2. The Morgan fingerprint density at radius 3 is 2.36 bits per heavy atom. The number of likely N-dealkylation sites (tertiary alicyclic amines) is 1. The first kappa shape index (κ1) is 16.5. The van der Waals surface area contributed by atoms with Crippen LogP contribution in [0.5, 0.6) is 0 Å². The van der Waals surface area contributed by atoms with Crippen LogP contribution in [0.2, 0.25) is 5.02 Å². The van der Waals surface area contributed by atoms with Gasteiger partial charge in [0.05, 0.1) is 16.9 Å². The molecule has 0 aliphatic carbocycles. The molecule has 1 aromatic rings. The standard InChI is InChI=1S/C13H10ClF4NO3/c14-9-2-1-6(3-10(9)15)11(20)19-4-7(12(21)22)8(5-19)13(16,17)18/h1-3,7-8H,4-5H2,(H,21,22)/t7-,8-/m1/s1. The predicted octanol–water partition coefficient (Wildman–Crippen LogP) is 2.81. The van der Waals surface area contributed by atoms with Crippen LogP contribution in [0.3, 0.4) is 0 Å². The monoisotopic (exact) mass is 339 g/mol. The van der Waals surface area contributed by atoms with E-state index < -0.39 is 48.8 Å². The van der Waals surface area contributed by atoms with E-state index in [4.69, 9.17) is 16.7 Å². The van der Waals surface area contributed by atoms with Crippen LogP contribution < -0.4 is 0 Å². The summed E-state index contributed by atoms with van der Waals surface area (Å²) in [6.07, 6.45) is -4.73. The van der Waals surface area contributed by atoms with E-state index in [-0.39, 0.29) is 10.6 Å². The third kappa shape index (κ3) is 3.16. The molecule has 1 amide bonds. The molecule has 1 aromatic carbocycles. The molecule has 0 radical (unpaired) electrons. The number of rotatable bonds is 2. The van der Waals surface area contributed by atoms with Crippen molar-refractivity contribution in [3.63, 3.8) is 0 Å². The summed E-state index contributed by atoms with van der Waals surface area (Å²) in [6.45, 7) is -1.36. The molecule has 0 unspecified atom stereocenters. The fourth-order valence-corrected chi connectivity index (χ4v) is 2.48. The molecule has 1 fully saturated rings. The van der Waals surface area contributed by atoms with Gasteiger partial charge in [0.2, 0.25) is 0 Å². The number of carbonyl (C=O) groups excluding carboxylic acids is 1. The zero-order valence-corrected chi connectivity index (χ0v) is 11.7. The number of carboxylic acid groups (broad SMARTS) is 1. The highest BCUT2D eigenvalue weighted by atomic mass is 35.5. The van der Waals surface area contributed by atoms with E-state index in [1.54, 1.807) is 0 Å². The van der Waals surface area contributed by atoms with Crippen LogP contribution in [0.15, 0.2) is 18.2 Å². The summed E-state index contributed by atoms with van der Waals surface area (Å²) in [5, 5.41) is 8.65. The van der Waals surface area contributed by atoms with E-state index in [2.05, 4.69) is 0 Å². The maximum atomic E-state index is 13.3. The van der Waals surface area contributed by atoms with Gasteiger partial charge in [-0.05, 0) is 18.2 Å². The van der Waals surface area contributed by atoms with Gasteiger partial charge in [0.25, 0.3) is 5.91 Å². The van der Waals surface area contributed by atoms with Gasteiger partial charge in [0, 0.05) is 18.7 Å². The molecular weight excluding hydrogens is 330 g/mol. The van der Waals surface area contributed by atoms with Gasteiger partial charge < -0.3 is 10.0 Å². The van der Waals surface area contributed by atoms with Crippen LogP contribution in [-0.2, 0) is 4.79 Å². The highest BCUT2D eigenvalue weighted by Gasteiger charge is 2.53. The molecule has 1 aliphatic rings. The molecule has 9 heteroatoms. The number of alkyl halides is 3. The Balaban J connectivity index is 2.24. The number of carboxylic acids is 1. The third-order valence-corrected chi connectivity index (χ3v) is 3.82. The minimum Gasteiger partial charge on any atom is -0.481 e. The van der Waals surface area contributed by atoms with Crippen molar-refractivity contribution in [2.24, 2.45) is 11.8 Å². The molecule has 0 spiro atoms. The summed E-state index contributed by atoms with van der Waals surface area (Å²) in [4.78, 5) is 23.8. The number of nitrogens with zero attached hydrogens (tertiary/aromatic N) is 1. The zero-order chi connectivity index (χ0) is 16.7. The first-order valence-electron chi connectivity index (χ1n) is 6.15. The maximum Gasteiger partial charge on any atom is 0.394 e. The Bertz CT molecular complexity index is 620. The number of hydrogen-bond donors (Lipinski definition) is 1. The molecule has 1 saturated heterocycles. The van der Waals surface area contributed by atoms with E-state index in [1.807, 2.05) is 0 Å². The van der Waals surface area contributed by atoms with Gasteiger partial charge in [-0.1, -0.05) is 11.6 Å². The highest BCUT2D eigenvalue weighted by molar-refractivity contribution is 6.30. The Labute approximate surface area is 127 Å². The van der Waals surface area contributed by atoms with Crippen LogP contribution in [0.25, 0.3) is 0 Å². The summed E-state index contributed by atoms with van der Waals surface area (Å²) in [7, 11) is 0. The van der Waals surface area contributed by atoms with Crippen molar-refractivity contribution in [1.29, 1.82) is 0 Å². The Morgan fingerprint density at radius 2 is 1.91 bits per heavy atom. The first-order valence-corrected chi connectivity index (χ1v) is 6.53.